The molecule has 0 saturated heterocycles. The van der Waals surface area contributed by atoms with E-state index in [4.69, 9.17) is 9.47 Å². The summed E-state index contributed by atoms with van der Waals surface area (Å²) < 4.78 is 51.6. The molecule has 0 atom stereocenters. The standard InChI is InChI=1S/C21H26F3N3O2/c1-3-12-28-17-11-7-8-15(13-17)27(4-2)20-25-14-18(21(22,23)24)19(26-20)29-16-9-5-6-10-16/h7-8,11,13-14,16H,3-6,9-10,12H2,1-2H3. The molecule has 0 amide bonds. The first kappa shape index (κ1) is 21.2. The number of anilines is 2. The van der Waals surface area contributed by atoms with Crippen LogP contribution in [-0.4, -0.2) is 29.2 Å². The molecule has 0 aliphatic heterocycles. The summed E-state index contributed by atoms with van der Waals surface area (Å²) in [6, 6.07) is 7.36. The molecule has 2 aromatic rings. The number of halogens is 3. The number of hydrogen-bond acceptors (Lipinski definition) is 5. The highest BCUT2D eigenvalue weighted by molar-refractivity contribution is 5.59. The van der Waals surface area contributed by atoms with Gasteiger partial charge in [-0.05, 0) is 51.2 Å². The van der Waals surface area contributed by atoms with Crippen molar-refractivity contribution in [1.29, 1.82) is 0 Å². The Morgan fingerprint density at radius 3 is 2.59 bits per heavy atom. The Kier molecular flexibility index (Phi) is 6.82. The Bertz CT molecular complexity index is 808. The second-order valence-electron chi connectivity index (χ2n) is 7.00. The molecule has 1 aliphatic rings. The Morgan fingerprint density at radius 1 is 1.17 bits per heavy atom. The molecule has 1 aliphatic carbocycles. The van der Waals surface area contributed by atoms with Gasteiger partial charge in [0.15, 0.2) is 0 Å². The first-order chi connectivity index (χ1) is 13.9. The number of ether oxygens (including phenoxy) is 2. The van der Waals surface area contributed by atoms with Crippen LogP contribution < -0.4 is 14.4 Å². The van der Waals surface area contributed by atoms with E-state index in [1.807, 2.05) is 38.1 Å². The SMILES string of the molecule is CCCOc1cccc(N(CC)c2ncc(C(F)(F)F)c(OC3CCCC3)n2)c1. The Labute approximate surface area is 168 Å². The van der Waals surface area contributed by atoms with E-state index in [1.54, 1.807) is 4.90 Å². The summed E-state index contributed by atoms with van der Waals surface area (Å²) in [5.41, 5.74) is -0.197. The van der Waals surface area contributed by atoms with Gasteiger partial charge < -0.3 is 14.4 Å². The molecule has 0 unspecified atom stereocenters. The number of alkyl halides is 3. The fraction of sp³-hybridized carbons (Fsp3) is 0.524. The van der Waals surface area contributed by atoms with Gasteiger partial charge in [0.25, 0.3) is 0 Å². The molecule has 3 rings (SSSR count). The van der Waals surface area contributed by atoms with Crippen molar-refractivity contribution in [3.8, 4) is 11.6 Å². The lowest BCUT2D eigenvalue weighted by Gasteiger charge is -2.23. The van der Waals surface area contributed by atoms with Crippen molar-refractivity contribution in [3.05, 3.63) is 36.0 Å². The van der Waals surface area contributed by atoms with Crippen molar-refractivity contribution in [2.24, 2.45) is 0 Å². The lowest BCUT2D eigenvalue weighted by Crippen LogP contribution is -2.22. The summed E-state index contributed by atoms with van der Waals surface area (Å²) >= 11 is 0. The smallest absolute Gasteiger partial charge is 0.423 e. The summed E-state index contributed by atoms with van der Waals surface area (Å²) in [6.07, 6.45) is 0.274. The van der Waals surface area contributed by atoms with Gasteiger partial charge in [0.2, 0.25) is 11.8 Å². The van der Waals surface area contributed by atoms with Gasteiger partial charge in [-0.15, -0.1) is 0 Å². The van der Waals surface area contributed by atoms with E-state index in [0.717, 1.165) is 44.0 Å². The van der Waals surface area contributed by atoms with Crippen molar-refractivity contribution in [2.75, 3.05) is 18.1 Å². The molecular weight excluding hydrogens is 383 g/mol. The quantitative estimate of drug-likeness (QED) is 0.554. The monoisotopic (exact) mass is 409 g/mol. The summed E-state index contributed by atoms with van der Waals surface area (Å²) in [4.78, 5) is 9.90. The van der Waals surface area contributed by atoms with Crippen molar-refractivity contribution >= 4 is 11.6 Å². The van der Waals surface area contributed by atoms with E-state index in [1.165, 1.54) is 0 Å². The zero-order valence-corrected chi connectivity index (χ0v) is 16.7. The number of nitrogens with zero attached hydrogens (tertiary/aromatic N) is 3. The van der Waals surface area contributed by atoms with E-state index >= 15 is 0 Å². The van der Waals surface area contributed by atoms with Crippen LogP contribution in [0.15, 0.2) is 30.5 Å². The topological polar surface area (TPSA) is 47.5 Å². The average molecular weight is 409 g/mol. The third kappa shape index (κ3) is 5.31. The summed E-state index contributed by atoms with van der Waals surface area (Å²) in [7, 11) is 0. The van der Waals surface area contributed by atoms with Crippen LogP contribution in [0, 0.1) is 0 Å². The van der Waals surface area contributed by atoms with Gasteiger partial charge >= 0.3 is 6.18 Å². The number of aromatic nitrogens is 2. The predicted octanol–water partition coefficient (Wildman–Crippen LogP) is 5.76. The molecule has 1 fully saturated rings. The van der Waals surface area contributed by atoms with Crippen LogP contribution in [0.25, 0.3) is 0 Å². The zero-order valence-electron chi connectivity index (χ0n) is 16.7. The largest absolute Gasteiger partial charge is 0.494 e. The highest BCUT2D eigenvalue weighted by Crippen LogP contribution is 2.38. The molecule has 1 saturated carbocycles. The first-order valence-corrected chi connectivity index (χ1v) is 10.0. The van der Waals surface area contributed by atoms with Gasteiger partial charge in [0.05, 0.1) is 6.61 Å². The third-order valence-electron chi connectivity index (χ3n) is 4.79. The molecule has 1 heterocycles. The molecular formula is C21H26F3N3O2. The molecule has 0 radical (unpaired) electrons. The molecule has 1 aromatic carbocycles. The minimum Gasteiger partial charge on any atom is -0.494 e. The van der Waals surface area contributed by atoms with Gasteiger partial charge in [-0.2, -0.15) is 18.2 Å². The molecule has 1 aromatic heterocycles. The first-order valence-electron chi connectivity index (χ1n) is 10.0. The highest BCUT2D eigenvalue weighted by atomic mass is 19.4. The van der Waals surface area contributed by atoms with E-state index in [2.05, 4.69) is 9.97 Å². The fourth-order valence-electron chi connectivity index (χ4n) is 3.34. The minimum absolute atomic E-state index is 0.168. The second-order valence-corrected chi connectivity index (χ2v) is 7.00. The Morgan fingerprint density at radius 2 is 1.93 bits per heavy atom. The van der Waals surface area contributed by atoms with Crippen molar-refractivity contribution in [3.63, 3.8) is 0 Å². The van der Waals surface area contributed by atoms with Crippen molar-refractivity contribution in [1.82, 2.24) is 9.97 Å². The average Bonchev–Trinajstić information content (AvgIpc) is 3.20. The maximum atomic E-state index is 13.4. The Hall–Kier alpha value is -2.51. The van der Waals surface area contributed by atoms with E-state index < -0.39 is 17.6 Å². The lowest BCUT2D eigenvalue weighted by atomic mass is 10.2. The summed E-state index contributed by atoms with van der Waals surface area (Å²) in [5, 5.41) is 0. The molecule has 158 valence electrons. The fourth-order valence-corrected chi connectivity index (χ4v) is 3.34. The normalized spacial score (nSPS) is 14.8. The molecule has 8 heteroatoms. The third-order valence-corrected chi connectivity index (χ3v) is 4.79. The van der Waals surface area contributed by atoms with E-state index in [9.17, 15) is 13.2 Å². The molecule has 29 heavy (non-hydrogen) atoms. The van der Waals surface area contributed by atoms with Crippen molar-refractivity contribution < 1.29 is 22.6 Å². The Balaban J connectivity index is 1.93. The highest BCUT2D eigenvalue weighted by Gasteiger charge is 2.37. The molecule has 0 spiro atoms. The van der Waals surface area contributed by atoms with E-state index in [0.29, 0.717) is 18.9 Å². The number of hydrogen-bond donors (Lipinski definition) is 0. The summed E-state index contributed by atoms with van der Waals surface area (Å²) in [5.74, 6) is 0.463. The number of benzene rings is 1. The van der Waals surface area contributed by atoms with Gasteiger partial charge in [0, 0.05) is 24.5 Å². The van der Waals surface area contributed by atoms with Crippen LogP contribution in [0.1, 0.15) is 51.5 Å². The maximum absolute atomic E-state index is 13.4. The van der Waals surface area contributed by atoms with Crippen LogP contribution >= 0.6 is 0 Å². The van der Waals surface area contributed by atoms with Gasteiger partial charge in [-0.3, -0.25) is 0 Å². The second kappa shape index (κ2) is 9.33. The van der Waals surface area contributed by atoms with E-state index in [-0.39, 0.29) is 12.1 Å². The summed E-state index contributed by atoms with van der Waals surface area (Å²) in [6.45, 7) is 4.97. The van der Waals surface area contributed by atoms with Gasteiger partial charge in [-0.1, -0.05) is 13.0 Å². The van der Waals surface area contributed by atoms with Crippen molar-refractivity contribution in [2.45, 2.75) is 58.2 Å². The van der Waals surface area contributed by atoms with Crippen LogP contribution in [-0.2, 0) is 6.18 Å². The molecule has 0 N–H and O–H groups in total. The zero-order chi connectivity index (χ0) is 20.9. The lowest BCUT2D eigenvalue weighted by molar-refractivity contribution is -0.139. The maximum Gasteiger partial charge on any atom is 0.423 e. The molecule has 5 nitrogen and oxygen atoms in total. The van der Waals surface area contributed by atoms with Crippen LogP contribution in [0.5, 0.6) is 11.6 Å². The van der Waals surface area contributed by atoms with Crippen LogP contribution in [0.2, 0.25) is 0 Å². The molecule has 0 bridgehead atoms. The van der Waals surface area contributed by atoms with Gasteiger partial charge in [-0.25, -0.2) is 4.98 Å². The van der Waals surface area contributed by atoms with Crippen LogP contribution in [0.3, 0.4) is 0 Å². The minimum atomic E-state index is -4.57. The van der Waals surface area contributed by atoms with Gasteiger partial charge in [0.1, 0.15) is 17.4 Å². The number of rotatable bonds is 8. The predicted molar refractivity (Wildman–Crippen MR) is 105 cm³/mol. The van der Waals surface area contributed by atoms with Crippen LogP contribution in [0.4, 0.5) is 24.8 Å².